The van der Waals surface area contributed by atoms with Gasteiger partial charge in [-0.1, -0.05) is 73.8 Å². The van der Waals surface area contributed by atoms with E-state index < -0.39 is 10.0 Å². The van der Waals surface area contributed by atoms with Crippen molar-refractivity contribution in [3.8, 4) is 0 Å². The molecule has 0 saturated heterocycles. The van der Waals surface area contributed by atoms with Crippen LogP contribution in [-0.2, 0) is 23.1 Å². The fourth-order valence-electron chi connectivity index (χ4n) is 4.52. The Morgan fingerprint density at radius 3 is 2.11 bits per heavy atom. The molecule has 1 saturated carbocycles. The monoisotopic (exact) mass is 510 g/mol. The smallest absolute Gasteiger partial charge is 0.251 e. The number of nitrogens with zero attached hydrogens (tertiary/aromatic N) is 1. The van der Waals surface area contributed by atoms with Crippen molar-refractivity contribution in [1.29, 1.82) is 0 Å². The van der Waals surface area contributed by atoms with E-state index in [0.717, 1.165) is 30.4 Å². The van der Waals surface area contributed by atoms with Gasteiger partial charge in [-0.15, -0.1) is 0 Å². The quantitative estimate of drug-likeness (QED) is 0.401. The van der Waals surface area contributed by atoms with Gasteiger partial charge in [0.15, 0.2) is 0 Å². The lowest BCUT2D eigenvalue weighted by molar-refractivity contribution is 0.0910. The molecule has 1 amide bonds. The Bertz CT molecular complexity index is 1230. The van der Waals surface area contributed by atoms with Crippen molar-refractivity contribution in [3.63, 3.8) is 0 Å². The molecule has 1 N–H and O–H groups in total. The molecule has 0 unspecified atom stereocenters. The molecule has 1 aliphatic rings. The first-order valence-electron chi connectivity index (χ1n) is 12.0. The maximum atomic E-state index is 13.5. The highest BCUT2D eigenvalue weighted by Crippen LogP contribution is 2.25. The third-order valence-electron chi connectivity index (χ3n) is 6.66. The van der Waals surface area contributed by atoms with Crippen LogP contribution in [0.25, 0.3) is 0 Å². The molecule has 5 nitrogen and oxygen atoms in total. The maximum absolute atomic E-state index is 13.5. The van der Waals surface area contributed by atoms with Gasteiger partial charge in [0.05, 0.1) is 4.90 Å². The molecule has 7 heteroatoms. The number of carbonyl (C=O) groups is 1. The second kappa shape index (κ2) is 11.4. The van der Waals surface area contributed by atoms with E-state index in [-0.39, 0.29) is 29.9 Å². The van der Waals surface area contributed by atoms with Gasteiger partial charge in [-0.3, -0.25) is 4.79 Å². The number of benzene rings is 3. The summed E-state index contributed by atoms with van der Waals surface area (Å²) < 4.78 is 28.4. The van der Waals surface area contributed by atoms with Crippen molar-refractivity contribution >= 4 is 27.5 Å². The number of carbonyl (C=O) groups excluding carboxylic acids is 1. The predicted molar refractivity (Wildman–Crippen MR) is 140 cm³/mol. The first-order valence-corrected chi connectivity index (χ1v) is 13.8. The molecule has 1 aliphatic carbocycles. The fourth-order valence-corrected chi connectivity index (χ4v) is 6.06. The van der Waals surface area contributed by atoms with Crippen molar-refractivity contribution in [2.45, 2.75) is 56.6 Å². The number of amides is 1. The zero-order valence-electron chi connectivity index (χ0n) is 19.9. The summed E-state index contributed by atoms with van der Waals surface area (Å²) in [7, 11) is -3.77. The summed E-state index contributed by atoms with van der Waals surface area (Å²) in [6.45, 7) is 2.60. The first-order chi connectivity index (χ1) is 16.8. The average Bonchev–Trinajstić information content (AvgIpc) is 2.86. The van der Waals surface area contributed by atoms with Gasteiger partial charge in [-0.05, 0) is 66.3 Å². The van der Waals surface area contributed by atoms with E-state index in [1.54, 1.807) is 24.3 Å². The molecule has 0 heterocycles. The van der Waals surface area contributed by atoms with Crippen LogP contribution in [0.4, 0.5) is 0 Å². The zero-order valence-corrected chi connectivity index (χ0v) is 21.4. The normalized spacial score (nSPS) is 18.4. The molecule has 4 rings (SSSR count). The van der Waals surface area contributed by atoms with Gasteiger partial charge < -0.3 is 5.32 Å². The number of sulfonamides is 1. The van der Waals surface area contributed by atoms with Crippen molar-refractivity contribution in [3.05, 3.63) is 101 Å². The van der Waals surface area contributed by atoms with Crippen LogP contribution < -0.4 is 5.32 Å². The summed E-state index contributed by atoms with van der Waals surface area (Å²) in [5.41, 5.74) is 2.28. The summed E-state index contributed by atoms with van der Waals surface area (Å²) in [6, 6.07) is 23.1. The Morgan fingerprint density at radius 1 is 0.886 bits per heavy atom. The molecule has 0 spiro atoms. The highest BCUT2D eigenvalue weighted by Gasteiger charge is 2.26. The Morgan fingerprint density at radius 2 is 1.49 bits per heavy atom. The summed E-state index contributed by atoms with van der Waals surface area (Å²) >= 11 is 5.97. The number of nitrogens with one attached hydrogen (secondary N) is 1. The molecule has 3 aromatic rings. The van der Waals surface area contributed by atoms with Gasteiger partial charge in [0, 0.05) is 29.7 Å². The third kappa shape index (κ3) is 6.51. The lowest BCUT2D eigenvalue weighted by Crippen LogP contribution is -2.41. The fraction of sp³-hybridized carbons (Fsp3) is 0.321. The maximum Gasteiger partial charge on any atom is 0.251 e. The molecule has 0 bridgehead atoms. The Labute approximate surface area is 213 Å². The van der Waals surface area contributed by atoms with Gasteiger partial charge in [-0.2, -0.15) is 4.31 Å². The Hall–Kier alpha value is -2.67. The number of hydrogen-bond acceptors (Lipinski definition) is 3. The minimum absolute atomic E-state index is 0.0785. The van der Waals surface area contributed by atoms with E-state index in [4.69, 9.17) is 11.6 Å². The number of halogens is 1. The minimum Gasteiger partial charge on any atom is -0.349 e. The lowest BCUT2D eigenvalue weighted by Gasteiger charge is -2.29. The first kappa shape index (κ1) is 25.4. The molecular formula is C28H31ClN2O3S. The van der Waals surface area contributed by atoms with Crippen LogP contribution in [0.3, 0.4) is 0 Å². The molecule has 2 atom stereocenters. The molecule has 0 aromatic heterocycles. The largest absolute Gasteiger partial charge is 0.349 e. The topological polar surface area (TPSA) is 66.5 Å². The summed E-state index contributed by atoms with van der Waals surface area (Å²) in [6.07, 6.45) is 4.53. The van der Waals surface area contributed by atoms with Crippen LogP contribution in [0.15, 0.2) is 83.8 Å². The molecule has 1 fully saturated rings. The van der Waals surface area contributed by atoms with Crippen molar-refractivity contribution in [1.82, 2.24) is 9.62 Å². The van der Waals surface area contributed by atoms with Gasteiger partial charge >= 0.3 is 0 Å². The number of rotatable bonds is 8. The predicted octanol–water partition coefficient (Wildman–Crippen LogP) is 6.04. The SMILES string of the molecule is C[C@@H]1CCCC[C@@H]1NC(=O)c1ccc(CN(Cc2ccccc2)S(=O)(=O)c2ccc(Cl)cc2)cc1. The summed E-state index contributed by atoms with van der Waals surface area (Å²) in [5, 5.41) is 3.65. The van der Waals surface area contributed by atoms with Gasteiger partial charge in [-0.25, -0.2) is 8.42 Å². The highest BCUT2D eigenvalue weighted by atomic mass is 35.5. The van der Waals surface area contributed by atoms with Crippen LogP contribution in [-0.4, -0.2) is 24.7 Å². The van der Waals surface area contributed by atoms with Crippen LogP contribution in [0, 0.1) is 5.92 Å². The number of hydrogen-bond donors (Lipinski definition) is 1. The van der Waals surface area contributed by atoms with Gasteiger partial charge in [0.2, 0.25) is 10.0 Å². The molecule has 3 aromatic carbocycles. The Balaban J connectivity index is 1.52. The van der Waals surface area contributed by atoms with Crippen molar-refractivity contribution in [2.24, 2.45) is 5.92 Å². The zero-order chi connectivity index (χ0) is 24.8. The van der Waals surface area contributed by atoms with Crippen molar-refractivity contribution in [2.75, 3.05) is 0 Å². The second-order valence-electron chi connectivity index (χ2n) is 9.25. The van der Waals surface area contributed by atoms with E-state index in [1.165, 1.54) is 22.9 Å². The molecule has 0 aliphatic heterocycles. The second-order valence-corrected chi connectivity index (χ2v) is 11.6. The Kier molecular flexibility index (Phi) is 8.26. The van der Waals surface area contributed by atoms with Crippen LogP contribution >= 0.6 is 11.6 Å². The van der Waals surface area contributed by atoms with Gasteiger partial charge in [0.25, 0.3) is 5.91 Å². The molecule has 184 valence electrons. The lowest BCUT2D eigenvalue weighted by atomic mass is 9.86. The standard InChI is InChI=1S/C28H31ClN2O3S/c1-21-7-5-6-10-27(21)30-28(32)24-13-11-23(12-14-24)20-31(19-22-8-3-2-4-9-22)35(33,34)26-17-15-25(29)16-18-26/h2-4,8-9,11-18,21,27H,5-7,10,19-20H2,1H3,(H,30,32)/t21-,27+/m1/s1. The van der Waals surface area contributed by atoms with Crippen LogP contribution in [0.2, 0.25) is 5.02 Å². The summed E-state index contributed by atoms with van der Waals surface area (Å²) in [4.78, 5) is 13.0. The minimum atomic E-state index is -3.77. The van der Waals surface area contributed by atoms with E-state index in [2.05, 4.69) is 12.2 Å². The summed E-state index contributed by atoms with van der Waals surface area (Å²) in [5.74, 6) is 0.404. The molecular weight excluding hydrogens is 480 g/mol. The van der Waals surface area contributed by atoms with E-state index in [1.807, 2.05) is 42.5 Å². The third-order valence-corrected chi connectivity index (χ3v) is 8.71. The van der Waals surface area contributed by atoms with Crippen LogP contribution in [0.5, 0.6) is 0 Å². The van der Waals surface area contributed by atoms with E-state index in [0.29, 0.717) is 16.5 Å². The average molecular weight is 511 g/mol. The van der Waals surface area contributed by atoms with Crippen molar-refractivity contribution < 1.29 is 13.2 Å². The molecule has 35 heavy (non-hydrogen) atoms. The van der Waals surface area contributed by atoms with Crippen LogP contribution in [0.1, 0.15) is 54.1 Å². The van der Waals surface area contributed by atoms with E-state index in [9.17, 15) is 13.2 Å². The highest BCUT2D eigenvalue weighted by molar-refractivity contribution is 7.89. The molecule has 0 radical (unpaired) electrons. The van der Waals surface area contributed by atoms with Gasteiger partial charge in [0.1, 0.15) is 0 Å². The van der Waals surface area contributed by atoms with E-state index >= 15 is 0 Å².